The van der Waals surface area contributed by atoms with Crippen LogP contribution in [0.15, 0.2) is 0 Å². The molecule has 1 saturated carbocycles. The molecule has 0 bridgehead atoms. The third-order valence-corrected chi connectivity index (χ3v) is 5.07. The molecule has 1 saturated heterocycles. The Bertz CT molecular complexity index is 236. The number of piperidine rings is 1. The molecule has 0 amide bonds. The third-order valence-electron chi connectivity index (χ3n) is 5.07. The summed E-state index contributed by atoms with van der Waals surface area (Å²) in [6.45, 7) is 11.1. The molecule has 2 aliphatic rings. The van der Waals surface area contributed by atoms with Gasteiger partial charge >= 0.3 is 0 Å². The van der Waals surface area contributed by atoms with E-state index in [0.29, 0.717) is 5.41 Å². The highest BCUT2D eigenvalue weighted by Crippen LogP contribution is 2.38. The minimum atomic E-state index is 0.510. The fourth-order valence-electron chi connectivity index (χ4n) is 3.63. The molecular formula is C15H30N2. The van der Waals surface area contributed by atoms with Crippen molar-refractivity contribution in [2.45, 2.75) is 52.5 Å². The third kappa shape index (κ3) is 3.03. The smallest absolute Gasteiger partial charge is 0.0136 e. The van der Waals surface area contributed by atoms with E-state index in [0.717, 1.165) is 17.9 Å². The van der Waals surface area contributed by atoms with Gasteiger partial charge in [0.05, 0.1) is 0 Å². The second-order valence-electron chi connectivity index (χ2n) is 7.14. The van der Waals surface area contributed by atoms with Crippen molar-refractivity contribution in [3.05, 3.63) is 0 Å². The van der Waals surface area contributed by atoms with Gasteiger partial charge in [-0.05, 0) is 69.6 Å². The van der Waals surface area contributed by atoms with Crippen LogP contribution in [0.2, 0.25) is 0 Å². The van der Waals surface area contributed by atoms with Crippen molar-refractivity contribution in [1.82, 2.24) is 10.2 Å². The normalized spacial score (nSPS) is 32.5. The van der Waals surface area contributed by atoms with Gasteiger partial charge in [0.15, 0.2) is 0 Å². The first-order valence-electron chi connectivity index (χ1n) is 7.41. The van der Waals surface area contributed by atoms with Gasteiger partial charge in [-0.15, -0.1) is 0 Å². The Hall–Kier alpha value is -0.0800. The van der Waals surface area contributed by atoms with Crippen molar-refractivity contribution in [2.75, 3.05) is 26.7 Å². The summed E-state index contributed by atoms with van der Waals surface area (Å²) in [4.78, 5) is 2.77. The molecule has 1 aliphatic carbocycles. The molecule has 1 heterocycles. The molecule has 0 spiro atoms. The van der Waals surface area contributed by atoms with E-state index < -0.39 is 0 Å². The van der Waals surface area contributed by atoms with Crippen LogP contribution in [0.5, 0.6) is 0 Å². The van der Waals surface area contributed by atoms with Crippen LogP contribution in [0, 0.1) is 17.3 Å². The predicted octanol–water partition coefficient (Wildman–Crippen LogP) is 2.74. The van der Waals surface area contributed by atoms with Crippen LogP contribution < -0.4 is 5.32 Å². The summed E-state index contributed by atoms with van der Waals surface area (Å²) in [7, 11) is 2.08. The van der Waals surface area contributed by atoms with Gasteiger partial charge in [-0.2, -0.15) is 0 Å². The van der Waals surface area contributed by atoms with Crippen molar-refractivity contribution in [2.24, 2.45) is 17.3 Å². The zero-order valence-corrected chi connectivity index (χ0v) is 12.1. The van der Waals surface area contributed by atoms with Crippen LogP contribution in [0.3, 0.4) is 0 Å². The quantitative estimate of drug-likeness (QED) is 0.813. The standard InChI is InChI=1S/C15H30N2/c1-15(2,3)13-7-9-17(10-8-13)14-6-5-12(14)11-16-4/h12-14,16H,5-11H2,1-4H3. The van der Waals surface area contributed by atoms with E-state index in [1.165, 1.54) is 45.3 Å². The zero-order valence-electron chi connectivity index (χ0n) is 12.1. The molecule has 1 N–H and O–H groups in total. The van der Waals surface area contributed by atoms with E-state index in [-0.39, 0.29) is 0 Å². The summed E-state index contributed by atoms with van der Waals surface area (Å²) in [5.74, 6) is 1.85. The minimum Gasteiger partial charge on any atom is -0.319 e. The Morgan fingerprint density at radius 2 is 1.71 bits per heavy atom. The molecule has 2 unspecified atom stereocenters. The van der Waals surface area contributed by atoms with E-state index in [9.17, 15) is 0 Å². The van der Waals surface area contributed by atoms with Crippen molar-refractivity contribution in [3.63, 3.8) is 0 Å². The number of hydrogen-bond donors (Lipinski definition) is 1. The Labute approximate surface area is 107 Å². The molecule has 17 heavy (non-hydrogen) atoms. The summed E-state index contributed by atoms with van der Waals surface area (Å²) < 4.78 is 0. The van der Waals surface area contributed by atoms with Crippen LogP contribution in [-0.4, -0.2) is 37.6 Å². The maximum absolute atomic E-state index is 3.35. The summed E-state index contributed by atoms with van der Waals surface area (Å²) >= 11 is 0. The van der Waals surface area contributed by atoms with Crippen molar-refractivity contribution >= 4 is 0 Å². The van der Waals surface area contributed by atoms with Gasteiger partial charge in [0.25, 0.3) is 0 Å². The second-order valence-corrected chi connectivity index (χ2v) is 7.14. The highest BCUT2D eigenvalue weighted by Gasteiger charge is 2.38. The van der Waals surface area contributed by atoms with Crippen LogP contribution >= 0.6 is 0 Å². The maximum Gasteiger partial charge on any atom is 0.0136 e. The number of nitrogens with zero attached hydrogens (tertiary/aromatic N) is 1. The first-order valence-corrected chi connectivity index (χ1v) is 7.41. The summed E-state index contributed by atoms with van der Waals surface area (Å²) in [5.41, 5.74) is 0.510. The molecule has 2 fully saturated rings. The summed E-state index contributed by atoms with van der Waals surface area (Å²) in [6, 6.07) is 0.892. The fourth-order valence-corrected chi connectivity index (χ4v) is 3.63. The molecule has 2 nitrogen and oxygen atoms in total. The van der Waals surface area contributed by atoms with E-state index in [1.54, 1.807) is 0 Å². The van der Waals surface area contributed by atoms with E-state index in [1.807, 2.05) is 0 Å². The first-order chi connectivity index (χ1) is 8.02. The molecule has 2 atom stereocenters. The lowest BCUT2D eigenvalue weighted by Gasteiger charge is -2.48. The Morgan fingerprint density at radius 3 is 2.12 bits per heavy atom. The van der Waals surface area contributed by atoms with Crippen LogP contribution in [0.25, 0.3) is 0 Å². The van der Waals surface area contributed by atoms with Crippen LogP contribution in [0.1, 0.15) is 46.5 Å². The number of hydrogen-bond acceptors (Lipinski definition) is 2. The largest absolute Gasteiger partial charge is 0.319 e. The maximum atomic E-state index is 3.35. The first kappa shape index (κ1) is 13.4. The van der Waals surface area contributed by atoms with E-state index in [2.05, 4.69) is 38.0 Å². The zero-order chi connectivity index (χ0) is 12.5. The molecule has 0 radical (unpaired) electrons. The van der Waals surface area contributed by atoms with Gasteiger partial charge in [0.2, 0.25) is 0 Å². The average Bonchev–Trinajstić information content (AvgIpc) is 2.24. The summed E-state index contributed by atoms with van der Waals surface area (Å²) in [6.07, 6.45) is 5.69. The van der Waals surface area contributed by atoms with E-state index in [4.69, 9.17) is 0 Å². The SMILES string of the molecule is CNCC1CCC1N1CCC(C(C)(C)C)CC1. The van der Waals surface area contributed by atoms with Gasteiger partial charge in [0, 0.05) is 6.04 Å². The van der Waals surface area contributed by atoms with Crippen molar-refractivity contribution in [3.8, 4) is 0 Å². The molecule has 0 aromatic carbocycles. The van der Waals surface area contributed by atoms with Crippen molar-refractivity contribution in [1.29, 1.82) is 0 Å². The lowest BCUT2D eigenvalue weighted by atomic mass is 9.73. The molecular weight excluding hydrogens is 208 g/mol. The Kier molecular flexibility index (Phi) is 4.14. The fraction of sp³-hybridized carbons (Fsp3) is 1.00. The van der Waals surface area contributed by atoms with Crippen LogP contribution in [0.4, 0.5) is 0 Å². The number of likely N-dealkylation sites (tertiary alicyclic amines) is 1. The predicted molar refractivity (Wildman–Crippen MR) is 74.2 cm³/mol. The lowest BCUT2D eigenvalue weighted by molar-refractivity contribution is 0.0169. The van der Waals surface area contributed by atoms with Crippen molar-refractivity contribution < 1.29 is 0 Å². The molecule has 1 aliphatic heterocycles. The molecule has 2 heteroatoms. The average molecular weight is 238 g/mol. The topological polar surface area (TPSA) is 15.3 Å². The Morgan fingerprint density at radius 1 is 1.06 bits per heavy atom. The minimum absolute atomic E-state index is 0.510. The highest BCUT2D eigenvalue weighted by molar-refractivity contribution is 4.92. The van der Waals surface area contributed by atoms with Gasteiger partial charge in [-0.3, -0.25) is 0 Å². The van der Waals surface area contributed by atoms with Gasteiger partial charge in [-0.25, -0.2) is 0 Å². The number of nitrogens with one attached hydrogen (secondary N) is 1. The van der Waals surface area contributed by atoms with Gasteiger partial charge in [-0.1, -0.05) is 20.8 Å². The molecule has 100 valence electrons. The number of rotatable bonds is 3. The Balaban J connectivity index is 1.79. The highest BCUT2D eigenvalue weighted by atomic mass is 15.2. The molecule has 0 aromatic heterocycles. The lowest BCUT2D eigenvalue weighted by Crippen LogP contribution is -2.53. The monoisotopic (exact) mass is 238 g/mol. The van der Waals surface area contributed by atoms with E-state index >= 15 is 0 Å². The molecule has 2 rings (SSSR count). The summed E-state index contributed by atoms with van der Waals surface area (Å²) in [5, 5.41) is 3.35. The van der Waals surface area contributed by atoms with Gasteiger partial charge < -0.3 is 10.2 Å². The molecule has 0 aromatic rings. The van der Waals surface area contributed by atoms with Crippen LogP contribution in [-0.2, 0) is 0 Å². The van der Waals surface area contributed by atoms with Gasteiger partial charge in [0.1, 0.15) is 0 Å². The second kappa shape index (κ2) is 5.27.